The highest BCUT2D eigenvalue weighted by atomic mass is 32.1. The third kappa shape index (κ3) is 2.17. The molecule has 1 aliphatic rings. The van der Waals surface area contributed by atoms with Crippen molar-refractivity contribution < 1.29 is 9.53 Å². The second-order valence-corrected chi connectivity index (χ2v) is 3.91. The Hall–Kier alpha value is -2.39. The predicted octanol–water partition coefficient (Wildman–Crippen LogP) is 0.934. The van der Waals surface area contributed by atoms with E-state index in [2.05, 4.69) is 10.6 Å². The monoisotopic (exact) mass is 259 g/mol. The molecule has 5 nitrogen and oxygen atoms in total. The summed E-state index contributed by atoms with van der Waals surface area (Å²) in [6.45, 7) is 0. The minimum absolute atomic E-state index is 0.174. The van der Waals surface area contributed by atoms with Crippen molar-refractivity contribution in [2.75, 3.05) is 7.11 Å². The van der Waals surface area contributed by atoms with Crippen molar-refractivity contribution in [2.45, 2.75) is 0 Å². The number of ether oxygens (including phenoxy) is 1. The first kappa shape index (κ1) is 12.1. The maximum absolute atomic E-state index is 11.6. The number of nitrogens with zero attached hydrogens (tertiary/aromatic N) is 1. The van der Waals surface area contributed by atoms with Gasteiger partial charge < -0.3 is 10.1 Å². The van der Waals surface area contributed by atoms with Gasteiger partial charge in [0.25, 0.3) is 5.91 Å². The van der Waals surface area contributed by atoms with Crippen LogP contribution in [0.5, 0.6) is 5.75 Å². The van der Waals surface area contributed by atoms with Gasteiger partial charge in [0, 0.05) is 0 Å². The highest BCUT2D eigenvalue weighted by Gasteiger charge is 2.25. The topological polar surface area (TPSA) is 74.2 Å². The summed E-state index contributed by atoms with van der Waals surface area (Å²) in [7, 11) is 1.56. The number of nitrogens with one attached hydrogen (secondary N) is 2. The normalized spacial score (nSPS) is 16.7. The fourth-order valence-electron chi connectivity index (χ4n) is 1.57. The minimum Gasteiger partial charge on any atom is -0.497 e. The third-order valence-electron chi connectivity index (χ3n) is 2.43. The zero-order valence-electron chi connectivity index (χ0n) is 9.48. The predicted molar refractivity (Wildman–Crippen MR) is 69.4 cm³/mol. The van der Waals surface area contributed by atoms with Crippen LogP contribution in [0.3, 0.4) is 0 Å². The molecule has 18 heavy (non-hydrogen) atoms. The number of nitriles is 1. The average molecular weight is 259 g/mol. The molecule has 0 aliphatic carbocycles. The molecule has 2 N–H and O–H groups in total. The van der Waals surface area contributed by atoms with Crippen LogP contribution in [0.15, 0.2) is 30.0 Å². The van der Waals surface area contributed by atoms with Crippen LogP contribution in [0.1, 0.15) is 5.56 Å². The summed E-state index contributed by atoms with van der Waals surface area (Å²) in [5, 5.41) is 14.5. The Balaban J connectivity index is 2.45. The van der Waals surface area contributed by atoms with Gasteiger partial charge in [-0.15, -0.1) is 0 Å². The van der Waals surface area contributed by atoms with Crippen molar-refractivity contribution in [1.82, 2.24) is 10.6 Å². The van der Waals surface area contributed by atoms with Crippen molar-refractivity contribution in [3.05, 3.63) is 35.5 Å². The number of allylic oxidation sites excluding steroid dienone is 1. The van der Waals surface area contributed by atoms with Crippen LogP contribution >= 0.6 is 12.2 Å². The number of amides is 1. The Labute approximate surface area is 109 Å². The molecule has 0 radical (unpaired) electrons. The van der Waals surface area contributed by atoms with E-state index in [0.717, 1.165) is 0 Å². The molecular formula is C12H9N3O2S. The zero-order valence-corrected chi connectivity index (χ0v) is 10.3. The molecule has 0 atom stereocenters. The molecule has 90 valence electrons. The summed E-state index contributed by atoms with van der Waals surface area (Å²) in [5.41, 5.74) is 1.04. The lowest BCUT2D eigenvalue weighted by atomic mass is 10.0. The first-order valence-corrected chi connectivity index (χ1v) is 5.47. The average Bonchev–Trinajstić information content (AvgIpc) is 2.70. The summed E-state index contributed by atoms with van der Waals surface area (Å²) in [4.78, 5) is 11.6. The number of thiocarbonyl (C=S) groups is 1. The minimum atomic E-state index is -0.396. The van der Waals surface area contributed by atoms with Crippen LogP contribution in [0, 0.1) is 11.3 Å². The van der Waals surface area contributed by atoms with Gasteiger partial charge in [-0.25, -0.2) is 0 Å². The molecule has 1 heterocycles. The second kappa shape index (κ2) is 4.85. The molecule has 2 rings (SSSR count). The van der Waals surface area contributed by atoms with E-state index in [1.54, 1.807) is 31.4 Å². The summed E-state index contributed by atoms with van der Waals surface area (Å²) in [6, 6.07) is 8.86. The van der Waals surface area contributed by atoms with Crippen molar-refractivity contribution in [3.8, 4) is 11.8 Å². The molecule has 1 fully saturated rings. The molecule has 0 saturated carbocycles. The van der Waals surface area contributed by atoms with Gasteiger partial charge >= 0.3 is 0 Å². The standard InChI is InChI=1S/C12H9N3O2S/c1-17-8-4-2-7(3-5-8)9(6-13)10-11(16)15-12(18)14-10/h2-5H,1H3,(H2,14,15,16,18)/b10-9-. The number of hydrogen-bond donors (Lipinski definition) is 2. The number of hydrogen-bond acceptors (Lipinski definition) is 4. The quantitative estimate of drug-likeness (QED) is 0.469. The van der Waals surface area contributed by atoms with Gasteiger partial charge in [-0.3, -0.25) is 10.1 Å². The summed E-state index contributed by atoms with van der Waals surface area (Å²) >= 11 is 4.82. The first-order valence-electron chi connectivity index (χ1n) is 5.07. The van der Waals surface area contributed by atoms with Gasteiger partial charge in [-0.2, -0.15) is 5.26 Å². The number of rotatable bonds is 2. The van der Waals surface area contributed by atoms with Gasteiger partial charge in [0.2, 0.25) is 0 Å². The molecular weight excluding hydrogens is 250 g/mol. The zero-order chi connectivity index (χ0) is 13.1. The third-order valence-corrected chi connectivity index (χ3v) is 2.64. The highest BCUT2D eigenvalue weighted by molar-refractivity contribution is 7.80. The van der Waals surface area contributed by atoms with Crippen LogP contribution in [0.4, 0.5) is 0 Å². The molecule has 1 aromatic carbocycles. The Morgan fingerprint density at radius 1 is 1.33 bits per heavy atom. The van der Waals surface area contributed by atoms with Gasteiger partial charge in [0.1, 0.15) is 17.5 Å². The van der Waals surface area contributed by atoms with Crippen molar-refractivity contribution >= 4 is 28.8 Å². The lowest BCUT2D eigenvalue weighted by molar-refractivity contribution is -0.115. The fraction of sp³-hybridized carbons (Fsp3) is 0.0833. The molecule has 0 spiro atoms. The van der Waals surface area contributed by atoms with E-state index < -0.39 is 5.91 Å². The van der Waals surface area contributed by atoms with Gasteiger partial charge in [-0.1, -0.05) is 0 Å². The Kier molecular flexibility index (Phi) is 3.26. The van der Waals surface area contributed by atoms with Crippen LogP contribution in [-0.2, 0) is 4.79 Å². The highest BCUT2D eigenvalue weighted by Crippen LogP contribution is 2.21. The van der Waals surface area contributed by atoms with Gasteiger partial charge in [0.15, 0.2) is 5.11 Å². The first-order chi connectivity index (χ1) is 8.65. The molecule has 1 amide bonds. The number of carbonyl (C=O) groups is 1. The van der Waals surface area contributed by atoms with E-state index in [1.165, 1.54) is 0 Å². The van der Waals surface area contributed by atoms with E-state index in [9.17, 15) is 4.79 Å². The summed E-state index contributed by atoms with van der Waals surface area (Å²) in [5.74, 6) is 0.285. The van der Waals surface area contributed by atoms with Crippen molar-refractivity contribution in [1.29, 1.82) is 5.26 Å². The van der Waals surface area contributed by atoms with E-state index in [1.807, 2.05) is 6.07 Å². The largest absolute Gasteiger partial charge is 0.497 e. The van der Waals surface area contributed by atoms with Crippen LogP contribution < -0.4 is 15.4 Å². The van der Waals surface area contributed by atoms with Crippen molar-refractivity contribution in [2.24, 2.45) is 0 Å². The van der Waals surface area contributed by atoms with Gasteiger partial charge in [-0.05, 0) is 42.0 Å². The maximum atomic E-state index is 11.6. The van der Waals surface area contributed by atoms with E-state index >= 15 is 0 Å². The van der Waals surface area contributed by atoms with Crippen LogP contribution in [-0.4, -0.2) is 18.1 Å². The van der Waals surface area contributed by atoms with E-state index in [-0.39, 0.29) is 16.4 Å². The fourth-order valence-corrected chi connectivity index (χ4v) is 1.76. The number of methoxy groups -OCH3 is 1. The van der Waals surface area contributed by atoms with E-state index in [4.69, 9.17) is 22.2 Å². The SMILES string of the molecule is COc1ccc(/C(C#N)=C2\NC(=S)NC2=O)cc1. The lowest BCUT2D eigenvalue weighted by Gasteiger charge is -2.04. The molecule has 0 unspecified atom stereocenters. The molecule has 1 aromatic rings. The molecule has 1 saturated heterocycles. The number of benzene rings is 1. The molecule has 6 heteroatoms. The lowest BCUT2D eigenvalue weighted by Crippen LogP contribution is -2.21. The molecule has 0 aromatic heterocycles. The van der Waals surface area contributed by atoms with Gasteiger partial charge in [0.05, 0.1) is 12.7 Å². The number of carbonyl (C=O) groups excluding carboxylic acids is 1. The van der Waals surface area contributed by atoms with Crippen molar-refractivity contribution in [3.63, 3.8) is 0 Å². The Morgan fingerprint density at radius 2 is 2.00 bits per heavy atom. The molecule has 1 aliphatic heterocycles. The Morgan fingerprint density at radius 3 is 2.44 bits per heavy atom. The molecule has 0 bridgehead atoms. The maximum Gasteiger partial charge on any atom is 0.275 e. The van der Waals surface area contributed by atoms with E-state index in [0.29, 0.717) is 11.3 Å². The smallest absolute Gasteiger partial charge is 0.275 e. The Bertz CT molecular complexity index is 584. The van der Waals surface area contributed by atoms with Crippen LogP contribution in [0.25, 0.3) is 5.57 Å². The summed E-state index contributed by atoms with van der Waals surface area (Å²) < 4.78 is 5.03. The summed E-state index contributed by atoms with van der Waals surface area (Å²) in [6.07, 6.45) is 0. The van der Waals surface area contributed by atoms with Crippen LogP contribution in [0.2, 0.25) is 0 Å². The second-order valence-electron chi connectivity index (χ2n) is 3.50.